The van der Waals surface area contributed by atoms with E-state index in [9.17, 15) is 36.3 Å². The van der Waals surface area contributed by atoms with Crippen molar-refractivity contribution < 1.29 is 41.1 Å². The van der Waals surface area contributed by atoms with Gasteiger partial charge in [0.25, 0.3) is 0 Å². The predicted molar refractivity (Wildman–Crippen MR) is 210 cm³/mol. The molecule has 11 nitrogen and oxygen atoms in total. The first-order chi connectivity index (χ1) is 27.2. The number of halogens is 5. The zero-order valence-corrected chi connectivity index (χ0v) is 33.2. The second-order valence-electron chi connectivity index (χ2n) is 16.4. The Balaban J connectivity index is 1.18. The molecule has 0 saturated heterocycles. The summed E-state index contributed by atoms with van der Waals surface area (Å²) in [5, 5.41) is 8.40. The molecule has 0 radical (unpaired) electrons. The lowest BCUT2D eigenvalue weighted by Gasteiger charge is -2.29. The van der Waals surface area contributed by atoms with E-state index < -0.39 is 41.6 Å². The minimum Gasteiger partial charge on any atom is -0.444 e. The zero-order chi connectivity index (χ0) is 42.2. The molecule has 1 unspecified atom stereocenters. The predicted octanol–water partition coefficient (Wildman–Crippen LogP) is 9.19. The second-order valence-corrected chi connectivity index (χ2v) is 16.4. The summed E-state index contributed by atoms with van der Waals surface area (Å²) >= 11 is 0. The summed E-state index contributed by atoms with van der Waals surface area (Å²) in [6.07, 6.45) is -3.85. The van der Waals surface area contributed by atoms with Crippen molar-refractivity contribution in [3.63, 3.8) is 0 Å². The van der Waals surface area contributed by atoms with Gasteiger partial charge in [-0.25, -0.2) is 14.8 Å². The van der Waals surface area contributed by atoms with Crippen LogP contribution in [0.1, 0.15) is 89.0 Å². The van der Waals surface area contributed by atoms with Crippen molar-refractivity contribution >= 4 is 45.7 Å². The van der Waals surface area contributed by atoms with E-state index in [2.05, 4.69) is 45.8 Å². The first-order valence-corrected chi connectivity index (χ1v) is 19.3. The average Bonchev–Trinajstić information content (AvgIpc) is 3.77. The monoisotopic (exact) mass is 809 g/mol. The van der Waals surface area contributed by atoms with Crippen molar-refractivity contribution in [2.24, 2.45) is 11.8 Å². The number of aromatic amines is 2. The summed E-state index contributed by atoms with van der Waals surface area (Å²) in [6, 6.07) is 14.4. The highest BCUT2D eigenvalue weighted by Gasteiger charge is 2.61. The van der Waals surface area contributed by atoms with E-state index in [4.69, 9.17) is 9.72 Å². The molecule has 1 aliphatic carbocycles. The molecule has 3 amide bonds. The summed E-state index contributed by atoms with van der Waals surface area (Å²) in [5.74, 6) is -6.82. The number of carbonyl (C=O) groups excluding carboxylic acids is 3. The molecule has 5 N–H and O–H groups in total. The Hall–Kier alpha value is -5.54. The number of H-pyrrole nitrogens is 2. The van der Waals surface area contributed by atoms with E-state index in [1.165, 1.54) is 18.2 Å². The average molecular weight is 810 g/mol. The number of amides is 3. The molecule has 1 aliphatic rings. The fourth-order valence-electron chi connectivity index (χ4n) is 7.09. The number of hydrogen-bond donors (Lipinski definition) is 5. The lowest BCUT2D eigenvalue weighted by Crippen LogP contribution is -2.48. The SMILES string of the molecule is Cc1cc2[nH]c(C(C)C)nc2cc1-c1ccc(CC(NC(=O)C2CCC(CNC(=O)OC(C)(C)C)CC2)C(=O)Nc2ccc3nc(C(F)(F)C(F)(F)F)[nH]c3c2)cc1. The highest BCUT2D eigenvalue weighted by Crippen LogP contribution is 2.43. The van der Waals surface area contributed by atoms with Crippen molar-refractivity contribution in [1.29, 1.82) is 0 Å². The maximum Gasteiger partial charge on any atom is 0.461 e. The molecule has 58 heavy (non-hydrogen) atoms. The standard InChI is InChI=1S/C42H48F5N7O4/c1-22(2)35-50-31-17-23(3)29(20-33(31)51-35)26-11-7-24(8-12-26)18-34(52-36(55)27-13-9-25(10-14-27)21-48-39(57)58-40(4,5)6)37(56)49-28-15-16-30-32(19-28)54-38(53-30)41(43,44)42(45,46)47/h7-8,11-12,15-17,19-20,22,25,27,34H,9-10,13-14,18,21H2,1-6H3,(H,48,57)(H,49,56)(H,50,51)(H,52,55)(H,53,54). The van der Waals surface area contributed by atoms with Crippen molar-refractivity contribution in [3.05, 3.63) is 77.4 Å². The molecule has 6 rings (SSSR count). The van der Waals surface area contributed by atoms with Crippen molar-refractivity contribution in [1.82, 2.24) is 30.6 Å². The summed E-state index contributed by atoms with van der Waals surface area (Å²) < 4.78 is 72.4. The van der Waals surface area contributed by atoms with E-state index in [0.29, 0.717) is 32.2 Å². The Morgan fingerprint density at radius 2 is 1.53 bits per heavy atom. The maximum absolute atomic E-state index is 14.0. The van der Waals surface area contributed by atoms with E-state index >= 15 is 0 Å². The molecule has 2 aromatic heterocycles. The Bertz CT molecular complexity index is 2290. The Labute approximate surface area is 332 Å². The van der Waals surface area contributed by atoms with Gasteiger partial charge in [0.05, 0.1) is 22.1 Å². The normalized spacial score (nSPS) is 17.0. The van der Waals surface area contributed by atoms with E-state index in [0.717, 1.165) is 39.1 Å². The van der Waals surface area contributed by atoms with Crippen LogP contribution in [0.4, 0.5) is 32.4 Å². The molecule has 3 aromatic carbocycles. The van der Waals surface area contributed by atoms with Gasteiger partial charge in [-0.2, -0.15) is 22.0 Å². The molecule has 1 fully saturated rings. The highest BCUT2D eigenvalue weighted by molar-refractivity contribution is 5.99. The van der Waals surface area contributed by atoms with Gasteiger partial charge in [0, 0.05) is 30.5 Å². The number of alkyl halides is 5. The number of nitrogens with one attached hydrogen (secondary N) is 5. The number of imidazole rings is 2. The van der Waals surface area contributed by atoms with Crippen LogP contribution in [-0.2, 0) is 26.7 Å². The number of rotatable bonds is 11. The molecule has 1 saturated carbocycles. The number of ether oxygens (including phenoxy) is 1. The van der Waals surface area contributed by atoms with Crippen LogP contribution in [0.25, 0.3) is 33.2 Å². The molecule has 1 atom stereocenters. The lowest BCUT2D eigenvalue weighted by atomic mass is 9.81. The number of hydrogen-bond acceptors (Lipinski definition) is 6. The number of aromatic nitrogens is 4. The summed E-state index contributed by atoms with van der Waals surface area (Å²) in [4.78, 5) is 53.3. The number of benzene rings is 3. The number of aryl methyl sites for hydroxylation is 1. The minimum absolute atomic E-state index is 0.0936. The van der Waals surface area contributed by atoms with Gasteiger partial charge in [0.2, 0.25) is 11.8 Å². The van der Waals surface area contributed by atoms with Crippen LogP contribution in [-0.4, -0.2) is 62.2 Å². The number of carbonyl (C=O) groups is 3. The van der Waals surface area contributed by atoms with Crippen LogP contribution in [0.5, 0.6) is 0 Å². The third kappa shape index (κ3) is 9.76. The molecule has 2 heterocycles. The maximum atomic E-state index is 14.0. The first-order valence-electron chi connectivity index (χ1n) is 19.3. The summed E-state index contributed by atoms with van der Waals surface area (Å²) in [7, 11) is 0. The van der Waals surface area contributed by atoms with Crippen molar-refractivity contribution in [3.8, 4) is 11.1 Å². The summed E-state index contributed by atoms with van der Waals surface area (Å²) in [5.41, 5.74) is 4.68. The van der Waals surface area contributed by atoms with Gasteiger partial charge in [-0.05, 0) is 112 Å². The van der Waals surface area contributed by atoms with Crippen LogP contribution in [0.15, 0.2) is 54.6 Å². The third-order valence-corrected chi connectivity index (χ3v) is 10.3. The number of nitrogens with zero attached hydrogens (tertiary/aromatic N) is 2. The van der Waals surface area contributed by atoms with Crippen LogP contribution in [0.2, 0.25) is 0 Å². The molecule has 0 aliphatic heterocycles. The molecule has 16 heteroatoms. The fourth-order valence-corrected chi connectivity index (χ4v) is 7.09. The van der Waals surface area contributed by atoms with Crippen molar-refractivity contribution in [2.45, 2.75) is 103 Å². The van der Waals surface area contributed by atoms with Gasteiger partial charge in [-0.3, -0.25) is 9.59 Å². The minimum atomic E-state index is -5.86. The quantitative estimate of drug-likeness (QED) is 0.0839. The summed E-state index contributed by atoms with van der Waals surface area (Å²) in [6.45, 7) is 11.9. The zero-order valence-electron chi connectivity index (χ0n) is 33.2. The van der Waals surface area contributed by atoms with Crippen LogP contribution < -0.4 is 16.0 Å². The third-order valence-electron chi connectivity index (χ3n) is 10.3. The molecular weight excluding hydrogens is 761 g/mol. The van der Waals surface area contributed by atoms with E-state index in [1.807, 2.05) is 42.2 Å². The number of anilines is 1. The Morgan fingerprint density at radius 1 is 0.862 bits per heavy atom. The number of fused-ring (bicyclic) bond motifs is 2. The van der Waals surface area contributed by atoms with Crippen molar-refractivity contribution in [2.75, 3.05) is 11.9 Å². The van der Waals surface area contributed by atoms with E-state index in [-0.39, 0.29) is 46.8 Å². The molecule has 0 bridgehead atoms. The molecule has 310 valence electrons. The van der Waals surface area contributed by atoms with Gasteiger partial charge in [-0.15, -0.1) is 0 Å². The van der Waals surface area contributed by atoms with Crippen LogP contribution in [0, 0.1) is 18.8 Å². The second kappa shape index (κ2) is 16.4. The topological polar surface area (TPSA) is 154 Å². The van der Waals surface area contributed by atoms with Gasteiger partial charge in [0.1, 0.15) is 17.5 Å². The van der Waals surface area contributed by atoms with Gasteiger partial charge >= 0.3 is 18.2 Å². The fraction of sp³-hybridized carbons (Fsp3) is 0.452. The molecular formula is C42H48F5N7O4. The molecule has 0 spiro atoms. The number of alkyl carbamates (subject to hydrolysis) is 1. The Morgan fingerprint density at radius 3 is 2.17 bits per heavy atom. The lowest BCUT2D eigenvalue weighted by molar-refractivity contribution is -0.292. The molecule has 5 aromatic rings. The smallest absolute Gasteiger partial charge is 0.444 e. The van der Waals surface area contributed by atoms with Gasteiger partial charge < -0.3 is 30.7 Å². The Kier molecular flexibility index (Phi) is 11.9. The highest BCUT2D eigenvalue weighted by atomic mass is 19.4. The largest absolute Gasteiger partial charge is 0.461 e. The van der Waals surface area contributed by atoms with Crippen LogP contribution in [0.3, 0.4) is 0 Å². The van der Waals surface area contributed by atoms with Gasteiger partial charge in [0.15, 0.2) is 5.82 Å². The van der Waals surface area contributed by atoms with Crippen LogP contribution >= 0.6 is 0 Å². The first kappa shape index (κ1) is 42.1. The van der Waals surface area contributed by atoms with E-state index in [1.54, 1.807) is 20.8 Å². The van der Waals surface area contributed by atoms with Gasteiger partial charge in [-0.1, -0.05) is 38.1 Å².